The highest BCUT2D eigenvalue weighted by molar-refractivity contribution is 5.92. The lowest BCUT2D eigenvalue weighted by atomic mass is 10.2. The highest BCUT2D eigenvalue weighted by Gasteiger charge is 2.04. The Morgan fingerprint density at radius 3 is 2.57 bits per heavy atom. The molecule has 0 saturated carbocycles. The molecule has 122 valence electrons. The average molecular weight is 313 g/mol. The lowest BCUT2D eigenvalue weighted by molar-refractivity contribution is 0.0331. The number of nitrogens with one attached hydrogen (secondary N) is 1. The van der Waals surface area contributed by atoms with E-state index in [0.717, 1.165) is 11.3 Å². The molecule has 1 atom stereocenters. The Hall–Kier alpha value is -2.37. The number of aliphatic hydroxyl groups excluding tert-OH is 1. The maximum atomic E-state index is 9.86. The Morgan fingerprint density at radius 2 is 1.87 bits per heavy atom. The molecule has 0 saturated heterocycles. The van der Waals surface area contributed by atoms with Gasteiger partial charge in [-0.2, -0.15) is 0 Å². The number of ether oxygens (including phenoxy) is 1. The van der Waals surface area contributed by atoms with Crippen molar-refractivity contribution in [1.29, 1.82) is 0 Å². The van der Waals surface area contributed by atoms with Crippen LogP contribution in [-0.4, -0.2) is 30.3 Å². The maximum Gasteiger partial charge on any atom is 0.193 e. The van der Waals surface area contributed by atoms with Crippen LogP contribution in [0.3, 0.4) is 0 Å². The van der Waals surface area contributed by atoms with Gasteiger partial charge in [0.2, 0.25) is 0 Å². The normalized spacial score (nSPS) is 12.9. The van der Waals surface area contributed by atoms with Gasteiger partial charge in [0, 0.05) is 5.69 Å². The largest absolute Gasteiger partial charge is 0.389 e. The number of hydrogen-bond acceptors (Lipinski definition) is 3. The molecular weight excluding hydrogens is 290 g/mol. The van der Waals surface area contributed by atoms with E-state index in [4.69, 9.17) is 10.5 Å². The van der Waals surface area contributed by atoms with E-state index in [1.165, 1.54) is 5.56 Å². The number of benzene rings is 2. The van der Waals surface area contributed by atoms with Crippen molar-refractivity contribution in [2.45, 2.75) is 19.6 Å². The minimum Gasteiger partial charge on any atom is -0.389 e. The van der Waals surface area contributed by atoms with Crippen molar-refractivity contribution in [2.24, 2.45) is 10.7 Å². The van der Waals surface area contributed by atoms with Crippen LogP contribution in [-0.2, 0) is 11.3 Å². The number of nitrogens with zero attached hydrogens (tertiary/aromatic N) is 1. The number of aliphatic imine (C=N–C) groups is 1. The molecule has 23 heavy (non-hydrogen) atoms. The Bertz CT molecular complexity index is 612. The Balaban J connectivity index is 1.69. The average Bonchev–Trinajstić information content (AvgIpc) is 2.56. The second kappa shape index (κ2) is 8.92. The van der Waals surface area contributed by atoms with E-state index < -0.39 is 6.10 Å². The number of guanidine groups is 1. The van der Waals surface area contributed by atoms with Crippen LogP contribution in [0.25, 0.3) is 0 Å². The molecule has 0 amide bonds. The first-order valence-electron chi connectivity index (χ1n) is 7.57. The summed E-state index contributed by atoms with van der Waals surface area (Å²) in [4.78, 5) is 4.12. The van der Waals surface area contributed by atoms with Gasteiger partial charge in [-0.15, -0.1) is 0 Å². The Kier molecular flexibility index (Phi) is 6.59. The topological polar surface area (TPSA) is 79.9 Å². The summed E-state index contributed by atoms with van der Waals surface area (Å²) in [5.41, 5.74) is 8.92. The molecular formula is C18H23N3O2. The first kappa shape index (κ1) is 17.0. The van der Waals surface area contributed by atoms with Crippen LogP contribution in [0.1, 0.15) is 11.1 Å². The molecule has 0 heterocycles. The second-order valence-electron chi connectivity index (χ2n) is 5.37. The molecule has 0 bridgehead atoms. The van der Waals surface area contributed by atoms with Gasteiger partial charge in [-0.1, -0.05) is 48.0 Å². The van der Waals surface area contributed by atoms with Crippen molar-refractivity contribution in [3.05, 3.63) is 65.7 Å². The summed E-state index contributed by atoms with van der Waals surface area (Å²) < 4.78 is 5.46. The molecule has 0 spiro atoms. The molecule has 0 aliphatic heterocycles. The van der Waals surface area contributed by atoms with Gasteiger partial charge in [-0.25, -0.2) is 0 Å². The van der Waals surface area contributed by atoms with E-state index in [9.17, 15) is 5.11 Å². The van der Waals surface area contributed by atoms with Gasteiger partial charge in [-0.05, 0) is 24.6 Å². The minimum atomic E-state index is -0.683. The molecule has 2 rings (SSSR count). The quantitative estimate of drug-likeness (QED) is 0.541. The van der Waals surface area contributed by atoms with Crippen molar-refractivity contribution >= 4 is 11.6 Å². The smallest absolute Gasteiger partial charge is 0.193 e. The van der Waals surface area contributed by atoms with Crippen LogP contribution in [0.5, 0.6) is 0 Å². The third kappa shape index (κ3) is 6.50. The predicted molar refractivity (Wildman–Crippen MR) is 93.4 cm³/mol. The van der Waals surface area contributed by atoms with Crippen LogP contribution in [0, 0.1) is 6.92 Å². The van der Waals surface area contributed by atoms with Gasteiger partial charge in [0.05, 0.1) is 25.9 Å². The minimum absolute atomic E-state index is 0.194. The number of hydrogen-bond donors (Lipinski definition) is 3. The third-order valence-electron chi connectivity index (χ3n) is 3.22. The van der Waals surface area contributed by atoms with Crippen LogP contribution in [0.2, 0.25) is 0 Å². The summed E-state index contributed by atoms with van der Waals surface area (Å²) in [5.74, 6) is 0.274. The molecule has 5 nitrogen and oxygen atoms in total. The lowest BCUT2D eigenvalue weighted by Gasteiger charge is -2.10. The number of nitrogens with two attached hydrogens (primary N) is 1. The summed E-state index contributed by atoms with van der Waals surface area (Å²) in [6.45, 7) is 2.90. The van der Waals surface area contributed by atoms with Gasteiger partial charge in [0.15, 0.2) is 5.96 Å². The monoisotopic (exact) mass is 313 g/mol. The molecule has 0 aliphatic rings. The Morgan fingerprint density at radius 1 is 1.17 bits per heavy atom. The highest BCUT2D eigenvalue weighted by atomic mass is 16.5. The van der Waals surface area contributed by atoms with Crippen molar-refractivity contribution in [2.75, 3.05) is 18.5 Å². The fraction of sp³-hybridized carbons (Fsp3) is 0.278. The fourth-order valence-corrected chi connectivity index (χ4v) is 1.97. The van der Waals surface area contributed by atoms with Crippen LogP contribution < -0.4 is 11.1 Å². The van der Waals surface area contributed by atoms with Crippen LogP contribution in [0.15, 0.2) is 59.6 Å². The zero-order valence-corrected chi connectivity index (χ0v) is 13.3. The van der Waals surface area contributed by atoms with E-state index in [2.05, 4.69) is 10.3 Å². The van der Waals surface area contributed by atoms with Crippen molar-refractivity contribution in [3.8, 4) is 0 Å². The predicted octanol–water partition coefficient (Wildman–Crippen LogP) is 2.30. The zero-order valence-electron chi connectivity index (χ0n) is 13.3. The molecule has 0 aromatic heterocycles. The van der Waals surface area contributed by atoms with E-state index in [0.29, 0.717) is 6.61 Å². The maximum absolute atomic E-state index is 9.86. The molecule has 2 aromatic carbocycles. The molecule has 4 N–H and O–H groups in total. The second-order valence-corrected chi connectivity index (χ2v) is 5.37. The highest BCUT2D eigenvalue weighted by Crippen LogP contribution is 2.07. The van der Waals surface area contributed by atoms with E-state index in [-0.39, 0.29) is 19.1 Å². The summed E-state index contributed by atoms with van der Waals surface area (Å²) in [5, 5.41) is 12.8. The van der Waals surface area contributed by atoms with Crippen LogP contribution in [0.4, 0.5) is 5.69 Å². The van der Waals surface area contributed by atoms with Gasteiger partial charge >= 0.3 is 0 Å². The SMILES string of the molecule is Cc1ccc(NC(N)=NCC(O)COCc2ccccc2)cc1. The fourth-order valence-electron chi connectivity index (χ4n) is 1.97. The molecule has 0 radical (unpaired) electrons. The van der Waals surface area contributed by atoms with Gasteiger partial charge < -0.3 is 20.9 Å². The van der Waals surface area contributed by atoms with Gasteiger partial charge in [-0.3, -0.25) is 4.99 Å². The molecule has 1 unspecified atom stereocenters. The standard InChI is InChI=1S/C18H23N3O2/c1-14-7-9-16(10-8-14)21-18(19)20-11-17(22)13-23-12-15-5-3-2-4-6-15/h2-10,17,22H,11-13H2,1H3,(H3,19,20,21). The van der Waals surface area contributed by atoms with Gasteiger partial charge in [0.1, 0.15) is 0 Å². The molecule has 0 aliphatic carbocycles. The molecule has 0 fully saturated rings. The summed E-state index contributed by atoms with van der Waals surface area (Å²) in [6.07, 6.45) is -0.683. The number of aryl methyl sites for hydroxylation is 1. The van der Waals surface area contributed by atoms with E-state index in [1.807, 2.05) is 61.5 Å². The summed E-state index contributed by atoms with van der Waals surface area (Å²) in [6, 6.07) is 17.7. The Labute approximate surface area is 136 Å². The summed E-state index contributed by atoms with van der Waals surface area (Å²) in [7, 11) is 0. The van der Waals surface area contributed by atoms with Crippen LogP contribution >= 0.6 is 0 Å². The first-order valence-corrected chi connectivity index (χ1v) is 7.57. The van der Waals surface area contributed by atoms with Crippen molar-refractivity contribution < 1.29 is 9.84 Å². The number of anilines is 1. The molecule has 5 heteroatoms. The van der Waals surface area contributed by atoms with Crippen molar-refractivity contribution in [1.82, 2.24) is 0 Å². The summed E-state index contributed by atoms with van der Waals surface area (Å²) >= 11 is 0. The van der Waals surface area contributed by atoms with Crippen molar-refractivity contribution in [3.63, 3.8) is 0 Å². The number of aliphatic hydroxyl groups is 1. The number of rotatable bonds is 7. The third-order valence-corrected chi connectivity index (χ3v) is 3.22. The van der Waals surface area contributed by atoms with Gasteiger partial charge in [0.25, 0.3) is 0 Å². The zero-order chi connectivity index (χ0) is 16.5. The molecule has 2 aromatic rings. The van der Waals surface area contributed by atoms with E-state index >= 15 is 0 Å². The lowest BCUT2D eigenvalue weighted by Crippen LogP contribution is -2.26. The first-order chi connectivity index (χ1) is 11.1. The van der Waals surface area contributed by atoms with E-state index in [1.54, 1.807) is 0 Å².